The van der Waals surface area contributed by atoms with E-state index in [1.165, 1.54) is 88.6 Å². The van der Waals surface area contributed by atoms with Crippen LogP contribution in [0.1, 0.15) is 40.1 Å². The number of ketones is 1. The Bertz CT molecular complexity index is 1670. The van der Waals surface area contributed by atoms with Crippen molar-refractivity contribution in [2.75, 3.05) is 51.4 Å². The molecule has 12 nitrogen and oxygen atoms in total. The lowest BCUT2D eigenvalue weighted by atomic mass is 10.0. The number of thioether (sulfide) groups is 2. The Morgan fingerprint density at radius 3 is 1.74 bits per heavy atom. The van der Waals surface area contributed by atoms with Crippen molar-refractivity contribution in [3.05, 3.63) is 81.6 Å². The van der Waals surface area contributed by atoms with Gasteiger partial charge in [-0.2, -0.15) is 0 Å². The number of rotatable bonds is 10. The molecule has 0 atom stereocenters. The minimum absolute atomic E-state index is 0.0669. The Kier molecular flexibility index (Phi) is 16.3. The molecule has 0 aliphatic carbocycles. The van der Waals surface area contributed by atoms with E-state index < -0.39 is 11.6 Å². The third-order valence-electron chi connectivity index (χ3n) is 5.69. The number of methoxy groups -OCH3 is 2. The number of ether oxygens (including phenoxy) is 2. The quantitative estimate of drug-likeness (QED) is 0.0844. The van der Waals surface area contributed by atoms with Crippen molar-refractivity contribution >= 4 is 62.8 Å². The van der Waals surface area contributed by atoms with Crippen LogP contribution in [0, 0.1) is 11.6 Å². The first-order chi connectivity index (χ1) is 22.4. The van der Waals surface area contributed by atoms with Crippen LogP contribution >= 0.6 is 39.5 Å². The predicted octanol–water partition coefficient (Wildman–Crippen LogP) is 5.95. The number of nitrogens with two attached hydrogens (primary N) is 2. The van der Waals surface area contributed by atoms with Crippen LogP contribution in [0.3, 0.4) is 0 Å². The van der Waals surface area contributed by atoms with Crippen LogP contribution in [0.5, 0.6) is 11.5 Å². The minimum Gasteiger partial charge on any atom is -0.496 e. The van der Waals surface area contributed by atoms with Gasteiger partial charge in [0.25, 0.3) is 5.91 Å². The molecule has 2 aromatic heterocycles. The number of hydrogen-bond donors (Lipinski definition) is 2. The van der Waals surface area contributed by atoms with Crippen LogP contribution in [0.15, 0.2) is 63.6 Å². The summed E-state index contributed by atoms with van der Waals surface area (Å²) in [7, 11) is 5.84. The largest absolute Gasteiger partial charge is 0.496 e. The van der Waals surface area contributed by atoms with Gasteiger partial charge in [-0.05, 0) is 63.8 Å². The molecule has 1 amide bonds. The first-order valence-electron chi connectivity index (χ1n) is 13.6. The van der Waals surface area contributed by atoms with Crippen molar-refractivity contribution < 1.29 is 32.7 Å². The van der Waals surface area contributed by atoms with E-state index in [0.29, 0.717) is 20.5 Å². The molecular weight excluding hydrogens is 720 g/mol. The maximum Gasteiger partial charge on any atom is 0.282 e. The number of nitrogen functional groups attached to an aromatic ring is 2. The van der Waals surface area contributed by atoms with Crippen molar-refractivity contribution in [2.24, 2.45) is 0 Å². The number of amides is 1. The van der Waals surface area contributed by atoms with Gasteiger partial charge < -0.3 is 20.9 Å². The smallest absolute Gasteiger partial charge is 0.282 e. The number of carbonyl (C=O) groups excluding carboxylic acids is 2. The standard InChI is InChI=1S/C14H14FN3O2S.C9H14N4O2S.C7H6BrFO/c1-3-21-14-17-7-10(13(16)18-14)12(19)9-6-8(15)4-5-11(9)20-2;1-4-16-9-11-5-6(7(10)12-9)8(14)13(2)15-3;1-10-7-3-2-5(9)4-6(7)8/h4-7H,3H2,1-2H3,(H2,16,17,18);5H,4H2,1-3H3,(H2,10,11,12);2-4H,1H3. The van der Waals surface area contributed by atoms with Crippen LogP contribution in [-0.4, -0.2) is 76.6 Å². The average molecular weight is 755 g/mol. The molecule has 17 heteroatoms. The van der Waals surface area contributed by atoms with Gasteiger partial charge in [-0.25, -0.2) is 33.8 Å². The third-order valence-corrected chi connectivity index (χ3v) is 7.80. The van der Waals surface area contributed by atoms with Crippen molar-refractivity contribution in [2.45, 2.75) is 24.2 Å². The number of anilines is 2. The van der Waals surface area contributed by atoms with E-state index in [-0.39, 0.29) is 45.8 Å². The Labute approximate surface area is 288 Å². The second-order valence-corrected chi connectivity index (χ2v) is 12.0. The van der Waals surface area contributed by atoms with E-state index in [1.807, 2.05) is 13.8 Å². The summed E-state index contributed by atoms with van der Waals surface area (Å²) in [6.45, 7) is 3.95. The molecule has 47 heavy (non-hydrogen) atoms. The van der Waals surface area contributed by atoms with Crippen LogP contribution in [-0.2, 0) is 4.84 Å². The molecule has 252 valence electrons. The molecule has 4 N–H and O–H groups in total. The van der Waals surface area contributed by atoms with Crippen molar-refractivity contribution in [3.63, 3.8) is 0 Å². The fraction of sp³-hybridized carbons (Fsp3) is 0.267. The molecule has 2 heterocycles. The molecule has 0 fully saturated rings. The first-order valence-corrected chi connectivity index (χ1v) is 16.4. The van der Waals surface area contributed by atoms with Crippen molar-refractivity contribution in [1.29, 1.82) is 0 Å². The molecule has 0 radical (unpaired) electrons. The summed E-state index contributed by atoms with van der Waals surface area (Å²) < 4.78 is 36.3. The van der Waals surface area contributed by atoms with Gasteiger partial charge in [-0.15, -0.1) is 0 Å². The predicted molar refractivity (Wildman–Crippen MR) is 182 cm³/mol. The highest BCUT2D eigenvalue weighted by atomic mass is 79.9. The topological polar surface area (TPSA) is 169 Å². The maximum atomic E-state index is 13.4. The van der Waals surface area contributed by atoms with Gasteiger partial charge >= 0.3 is 0 Å². The second-order valence-electron chi connectivity index (χ2n) is 8.71. The van der Waals surface area contributed by atoms with Gasteiger partial charge in [-0.3, -0.25) is 14.4 Å². The summed E-state index contributed by atoms with van der Waals surface area (Å²) in [6.07, 6.45) is 2.77. The van der Waals surface area contributed by atoms with Crippen molar-refractivity contribution in [3.8, 4) is 11.5 Å². The summed E-state index contributed by atoms with van der Waals surface area (Å²) in [5.41, 5.74) is 11.9. The molecule has 0 aliphatic rings. The summed E-state index contributed by atoms with van der Waals surface area (Å²) >= 11 is 6.03. The van der Waals surface area contributed by atoms with Crippen LogP contribution in [0.2, 0.25) is 0 Å². The average Bonchev–Trinajstić information content (AvgIpc) is 3.05. The highest BCUT2D eigenvalue weighted by Gasteiger charge is 2.20. The van der Waals surface area contributed by atoms with Gasteiger partial charge in [0.15, 0.2) is 10.3 Å². The molecule has 4 rings (SSSR count). The zero-order valence-corrected chi connectivity index (χ0v) is 29.6. The Balaban J connectivity index is 0.000000261. The zero-order valence-electron chi connectivity index (χ0n) is 26.4. The zero-order chi connectivity index (χ0) is 35.1. The second kappa shape index (κ2) is 19.6. The molecule has 0 aliphatic heterocycles. The Morgan fingerprint density at radius 2 is 1.30 bits per heavy atom. The summed E-state index contributed by atoms with van der Waals surface area (Å²) in [4.78, 5) is 45.1. The maximum absolute atomic E-state index is 13.4. The van der Waals surface area contributed by atoms with Gasteiger partial charge in [0.2, 0.25) is 5.78 Å². The molecule has 4 aromatic rings. The van der Waals surface area contributed by atoms with E-state index in [4.69, 9.17) is 25.8 Å². The lowest BCUT2D eigenvalue weighted by molar-refractivity contribution is -0.0756. The number of hydroxylamine groups is 2. The van der Waals surface area contributed by atoms with E-state index in [9.17, 15) is 18.4 Å². The van der Waals surface area contributed by atoms with Crippen LogP contribution in [0.4, 0.5) is 20.4 Å². The number of benzene rings is 2. The third kappa shape index (κ3) is 11.6. The fourth-order valence-corrected chi connectivity index (χ4v) is 5.00. The molecule has 0 bridgehead atoms. The van der Waals surface area contributed by atoms with Crippen LogP contribution in [0.25, 0.3) is 0 Å². The minimum atomic E-state index is -0.531. The number of nitrogens with zero attached hydrogens (tertiary/aromatic N) is 5. The van der Waals surface area contributed by atoms with E-state index in [0.717, 1.165) is 22.6 Å². The van der Waals surface area contributed by atoms with Gasteiger partial charge in [0.05, 0.1) is 36.9 Å². The molecule has 0 unspecified atom stereocenters. The number of aromatic nitrogens is 4. The number of halogens is 3. The van der Waals surface area contributed by atoms with Gasteiger partial charge in [0, 0.05) is 19.4 Å². The summed E-state index contributed by atoms with van der Waals surface area (Å²) in [5.74, 6) is 1.15. The first kappa shape index (κ1) is 39.1. The molecular formula is C30H34BrF2N7O5S2. The normalized spacial score (nSPS) is 10.1. The lowest BCUT2D eigenvalue weighted by Crippen LogP contribution is -2.26. The summed E-state index contributed by atoms with van der Waals surface area (Å²) in [6, 6.07) is 7.99. The number of carbonyl (C=O) groups is 2. The summed E-state index contributed by atoms with van der Waals surface area (Å²) in [5, 5.41) is 2.14. The number of hydrogen-bond acceptors (Lipinski definition) is 13. The Morgan fingerprint density at radius 1 is 0.809 bits per heavy atom. The Hall–Kier alpha value is -4.06. The SMILES string of the molecule is CCSc1ncc(C(=O)N(C)OC)c(N)n1.CCSc1ncc(C(=O)c2cc(F)ccc2OC)c(N)n1.COc1ccc(F)cc1Br. The lowest BCUT2D eigenvalue weighted by Gasteiger charge is -2.14. The highest BCUT2D eigenvalue weighted by Crippen LogP contribution is 2.26. The van der Waals surface area contributed by atoms with E-state index in [2.05, 4.69) is 35.9 Å². The molecule has 0 spiro atoms. The van der Waals surface area contributed by atoms with Crippen molar-refractivity contribution in [1.82, 2.24) is 25.0 Å². The van der Waals surface area contributed by atoms with Crippen LogP contribution < -0.4 is 20.9 Å². The van der Waals surface area contributed by atoms with Gasteiger partial charge in [0.1, 0.15) is 40.3 Å². The van der Waals surface area contributed by atoms with Gasteiger partial charge in [-0.1, -0.05) is 37.4 Å². The monoisotopic (exact) mass is 753 g/mol. The van der Waals surface area contributed by atoms with E-state index >= 15 is 0 Å². The van der Waals surface area contributed by atoms with E-state index in [1.54, 1.807) is 6.07 Å². The highest BCUT2D eigenvalue weighted by molar-refractivity contribution is 9.10. The fourth-order valence-electron chi connectivity index (χ4n) is 3.39. The molecule has 0 saturated heterocycles. The molecule has 2 aromatic carbocycles. The molecule has 0 saturated carbocycles.